The molecule has 0 bridgehead atoms. The average molecular weight is 340 g/mol. The van der Waals surface area contributed by atoms with Gasteiger partial charge in [-0.1, -0.05) is 17.7 Å². The molecule has 2 heterocycles. The van der Waals surface area contributed by atoms with E-state index in [-0.39, 0.29) is 5.82 Å². The molecule has 1 aromatic heterocycles. The number of benzene rings is 1. The lowest BCUT2D eigenvalue weighted by Gasteiger charge is -2.27. The van der Waals surface area contributed by atoms with E-state index in [1.54, 1.807) is 6.07 Å². The molecular weight excluding hydrogens is 321 g/mol. The average Bonchev–Trinajstić information content (AvgIpc) is 2.90. The first-order valence-corrected chi connectivity index (χ1v) is 9.14. The topological polar surface area (TPSA) is 31.9 Å². The third kappa shape index (κ3) is 3.47. The van der Waals surface area contributed by atoms with Gasteiger partial charge in [-0.05, 0) is 29.7 Å². The molecule has 1 aliphatic heterocycles. The maximum Gasteiger partial charge on any atom is 0.124 e. The van der Waals surface area contributed by atoms with Crippen molar-refractivity contribution < 1.29 is 4.39 Å². The molecule has 0 atom stereocenters. The number of nitrogens with zero attached hydrogens (tertiary/aromatic N) is 2. The maximum atomic E-state index is 13.1. The van der Waals surface area contributed by atoms with Gasteiger partial charge in [0.2, 0.25) is 0 Å². The van der Waals surface area contributed by atoms with E-state index in [1.165, 1.54) is 29.1 Å². The molecule has 0 saturated carbocycles. The summed E-state index contributed by atoms with van der Waals surface area (Å²) in [5.74, 6) is 0.796. The van der Waals surface area contributed by atoms with Crippen LogP contribution in [0.1, 0.15) is 22.5 Å². The first-order chi connectivity index (χ1) is 10.7. The number of hydrogen-bond donors (Lipinski definition) is 1. The number of nitrogens with one attached hydrogen (secondary N) is 1. The van der Waals surface area contributed by atoms with Gasteiger partial charge in [0, 0.05) is 48.8 Å². The van der Waals surface area contributed by atoms with Crippen molar-refractivity contribution in [2.45, 2.75) is 25.9 Å². The highest BCUT2D eigenvalue weighted by atomic mass is 35.5. The van der Waals surface area contributed by atoms with Gasteiger partial charge >= 0.3 is 0 Å². The molecule has 0 unspecified atom stereocenters. The van der Waals surface area contributed by atoms with Gasteiger partial charge in [0.1, 0.15) is 5.82 Å². The molecule has 0 radical (unpaired) electrons. The van der Waals surface area contributed by atoms with Crippen LogP contribution in [0.3, 0.4) is 0 Å². The molecule has 1 aliphatic rings. The normalized spacial score (nSPS) is 15.0. The molecule has 118 valence electrons. The molecule has 1 N–H and O–H groups in total. The summed E-state index contributed by atoms with van der Waals surface area (Å²) in [6.07, 6.45) is 4.08. The predicted molar refractivity (Wildman–Crippen MR) is 89.9 cm³/mol. The third-order valence-electron chi connectivity index (χ3n) is 4.05. The van der Waals surface area contributed by atoms with Crippen molar-refractivity contribution in [2.75, 3.05) is 18.6 Å². The number of thioether (sulfide) groups is 1. The molecule has 0 saturated heterocycles. The summed E-state index contributed by atoms with van der Waals surface area (Å²) in [6, 6.07) is 4.63. The minimum atomic E-state index is -0.288. The highest BCUT2D eigenvalue weighted by Crippen LogP contribution is 2.25. The Morgan fingerprint density at radius 3 is 3.09 bits per heavy atom. The molecule has 0 aliphatic carbocycles. The Morgan fingerprint density at radius 2 is 2.32 bits per heavy atom. The Balaban J connectivity index is 1.72. The minimum Gasteiger partial charge on any atom is -0.294 e. The zero-order valence-electron chi connectivity index (χ0n) is 12.5. The number of H-pyrrole nitrogens is 1. The van der Waals surface area contributed by atoms with Gasteiger partial charge in [0.15, 0.2) is 0 Å². The number of aromatic amines is 1. The molecule has 3 nitrogen and oxygen atoms in total. The van der Waals surface area contributed by atoms with Crippen molar-refractivity contribution in [3.63, 3.8) is 0 Å². The van der Waals surface area contributed by atoms with Gasteiger partial charge in [-0.15, -0.1) is 0 Å². The number of fused-ring (bicyclic) bond motifs is 1. The van der Waals surface area contributed by atoms with E-state index in [9.17, 15) is 4.39 Å². The second-order valence-corrected chi connectivity index (χ2v) is 6.96. The second kappa shape index (κ2) is 7.02. The van der Waals surface area contributed by atoms with E-state index in [2.05, 4.69) is 21.4 Å². The fourth-order valence-electron chi connectivity index (χ4n) is 2.84. The van der Waals surface area contributed by atoms with Crippen molar-refractivity contribution >= 4 is 23.4 Å². The van der Waals surface area contributed by atoms with Gasteiger partial charge < -0.3 is 0 Å². The van der Waals surface area contributed by atoms with E-state index < -0.39 is 0 Å². The van der Waals surface area contributed by atoms with Gasteiger partial charge in [-0.2, -0.15) is 16.9 Å². The summed E-state index contributed by atoms with van der Waals surface area (Å²) < 4.78 is 13.1. The van der Waals surface area contributed by atoms with Gasteiger partial charge in [0.25, 0.3) is 0 Å². The lowest BCUT2D eigenvalue weighted by Crippen LogP contribution is -2.30. The Kier molecular flexibility index (Phi) is 5.06. The van der Waals surface area contributed by atoms with Crippen molar-refractivity contribution in [1.29, 1.82) is 0 Å². The Morgan fingerprint density at radius 1 is 1.45 bits per heavy atom. The van der Waals surface area contributed by atoms with Gasteiger partial charge in [-0.3, -0.25) is 10.00 Å². The smallest absolute Gasteiger partial charge is 0.124 e. The Labute approximate surface area is 139 Å². The molecule has 0 amide bonds. The fourth-order valence-corrected chi connectivity index (χ4v) is 3.47. The van der Waals surface area contributed by atoms with Crippen molar-refractivity contribution in [3.8, 4) is 0 Å². The van der Waals surface area contributed by atoms with Crippen LogP contribution in [0.2, 0.25) is 5.02 Å². The lowest BCUT2D eigenvalue weighted by atomic mass is 10.0. The molecule has 3 rings (SSSR count). The molecule has 0 spiro atoms. The number of halogens is 2. The number of hydrogen-bond acceptors (Lipinski definition) is 3. The molecule has 0 fully saturated rings. The van der Waals surface area contributed by atoms with E-state index in [0.717, 1.165) is 43.8 Å². The number of aromatic nitrogens is 2. The Bertz CT molecular complexity index is 659. The quantitative estimate of drug-likeness (QED) is 0.902. The van der Waals surface area contributed by atoms with E-state index in [1.807, 2.05) is 11.8 Å². The predicted octanol–water partition coefficient (Wildman–Crippen LogP) is 3.67. The molecule has 2 aromatic rings. The van der Waals surface area contributed by atoms with Gasteiger partial charge in [-0.25, -0.2) is 4.39 Å². The van der Waals surface area contributed by atoms with Crippen LogP contribution in [0.4, 0.5) is 4.39 Å². The molecular formula is C16H19ClFN3S. The Hall–Kier alpha value is -1.04. The van der Waals surface area contributed by atoms with Crippen molar-refractivity contribution in [1.82, 2.24) is 15.1 Å². The SMILES string of the molecule is CSCCc1n[nH]c2c1CN(Cc1ccc(F)cc1Cl)CC2. The number of rotatable bonds is 5. The third-order valence-corrected chi connectivity index (χ3v) is 5.01. The van der Waals surface area contributed by atoms with Crippen molar-refractivity contribution in [2.24, 2.45) is 0 Å². The summed E-state index contributed by atoms with van der Waals surface area (Å²) in [6.45, 7) is 2.58. The first kappa shape index (κ1) is 15.8. The van der Waals surface area contributed by atoms with Crippen LogP contribution in [0, 0.1) is 5.82 Å². The van der Waals surface area contributed by atoms with Gasteiger partial charge in [0.05, 0.1) is 5.69 Å². The fraction of sp³-hybridized carbons (Fsp3) is 0.438. The monoisotopic (exact) mass is 339 g/mol. The summed E-state index contributed by atoms with van der Waals surface area (Å²) in [4.78, 5) is 2.35. The van der Waals surface area contributed by atoms with Crippen LogP contribution in [0.15, 0.2) is 18.2 Å². The van der Waals surface area contributed by atoms with Crippen LogP contribution in [0.5, 0.6) is 0 Å². The van der Waals surface area contributed by atoms with E-state index >= 15 is 0 Å². The second-order valence-electron chi connectivity index (χ2n) is 5.57. The van der Waals surface area contributed by atoms with Crippen LogP contribution in [0.25, 0.3) is 0 Å². The highest BCUT2D eigenvalue weighted by molar-refractivity contribution is 7.98. The summed E-state index contributed by atoms with van der Waals surface area (Å²) >= 11 is 7.98. The van der Waals surface area contributed by atoms with Crippen LogP contribution < -0.4 is 0 Å². The van der Waals surface area contributed by atoms with Crippen LogP contribution in [-0.4, -0.2) is 33.7 Å². The maximum absolute atomic E-state index is 13.1. The largest absolute Gasteiger partial charge is 0.294 e. The van der Waals surface area contributed by atoms with Crippen LogP contribution in [-0.2, 0) is 25.9 Å². The number of aryl methyl sites for hydroxylation is 1. The first-order valence-electron chi connectivity index (χ1n) is 7.37. The molecule has 6 heteroatoms. The summed E-state index contributed by atoms with van der Waals surface area (Å²) in [7, 11) is 0. The minimum absolute atomic E-state index is 0.288. The highest BCUT2D eigenvalue weighted by Gasteiger charge is 2.22. The molecule has 22 heavy (non-hydrogen) atoms. The summed E-state index contributed by atoms with van der Waals surface area (Å²) in [5, 5.41) is 8.14. The van der Waals surface area contributed by atoms with Crippen molar-refractivity contribution in [3.05, 3.63) is 51.6 Å². The zero-order valence-corrected chi connectivity index (χ0v) is 14.1. The lowest BCUT2D eigenvalue weighted by molar-refractivity contribution is 0.244. The van der Waals surface area contributed by atoms with Crippen LogP contribution >= 0.6 is 23.4 Å². The van der Waals surface area contributed by atoms with E-state index in [4.69, 9.17) is 11.6 Å². The zero-order chi connectivity index (χ0) is 15.5. The molecule has 1 aromatic carbocycles. The summed E-state index contributed by atoms with van der Waals surface area (Å²) in [5.41, 5.74) is 4.75. The standard InChI is InChI=1S/C16H19ClFN3S/c1-22-7-5-16-13-10-21(6-4-15(13)19-20-16)9-11-2-3-12(18)8-14(11)17/h2-3,8H,4-7,9-10H2,1H3,(H,19,20). The van der Waals surface area contributed by atoms with E-state index in [0.29, 0.717) is 5.02 Å².